The number of hydrogen-bond acceptors (Lipinski definition) is 5. The maximum Gasteiger partial charge on any atom is 0.193 e. The van der Waals surface area contributed by atoms with Crippen molar-refractivity contribution in [2.75, 3.05) is 46.8 Å². The van der Waals surface area contributed by atoms with Crippen LogP contribution in [0, 0.1) is 0 Å². The van der Waals surface area contributed by atoms with Crippen LogP contribution in [0.25, 0.3) is 0 Å². The van der Waals surface area contributed by atoms with E-state index < -0.39 is 0 Å². The minimum absolute atomic E-state index is 0.500. The minimum Gasteiger partial charge on any atom is -0.364 e. The molecule has 158 valence electrons. The van der Waals surface area contributed by atoms with Crippen molar-refractivity contribution in [3.05, 3.63) is 53.9 Å². The first-order valence-electron chi connectivity index (χ1n) is 10.5. The van der Waals surface area contributed by atoms with Gasteiger partial charge in [-0.15, -0.1) is 0 Å². The Kier molecular flexibility index (Phi) is 8.07. The number of benzene rings is 1. The van der Waals surface area contributed by atoms with Crippen LogP contribution < -0.4 is 5.32 Å². The van der Waals surface area contributed by atoms with Crippen molar-refractivity contribution in [2.24, 2.45) is 4.99 Å². The lowest BCUT2D eigenvalue weighted by atomic mass is 10.1. The van der Waals surface area contributed by atoms with E-state index in [1.165, 1.54) is 5.56 Å². The number of nitrogens with zero attached hydrogens (tertiary/aromatic N) is 5. The summed E-state index contributed by atoms with van der Waals surface area (Å²) in [5, 5.41) is 7.56. The fourth-order valence-corrected chi connectivity index (χ4v) is 3.64. The molecule has 1 unspecified atom stereocenters. The second-order valence-electron chi connectivity index (χ2n) is 7.77. The van der Waals surface area contributed by atoms with Crippen molar-refractivity contribution in [3.63, 3.8) is 0 Å². The van der Waals surface area contributed by atoms with Gasteiger partial charge in [0.1, 0.15) is 6.26 Å². The molecule has 1 aromatic carbocycles. The molecule has 1 aliphatic rings. The molecule has 1 atom stereocenters. The zero-order chi connectivity index (χ0) is 20.5. The van der Waals surface area contributed by atoms with E-state index in [4.69, 9.17) is 4.52 Å². The number of nitrogens with one attached hydrogen (secondary N) is 1. The molecular formula is C22H34N6O. The number of aliphatic imine (C=N–C) groups is 1. The monoisotopic (exact) mass is 398 g/mol. The third-order valence-corrected chi connectivity index (χ3v) is 5.63. The molecule has 0 aliphatic carbocycles. The van der Waals surface area contributed by atoms with Crippen LogP contribution in [0.3, 0.4) is 0 Å². The number of piperazine rings is 1. The highest BCUT2D eigenvalue weighted by Gasteiger charge is 2.20. The van der Waals surface area contributed by atoms with E-state index in [1.54, 1.807) is 6.26 Å². The van der Waals surface area contributed by atoms with Crippen molar-refractivity contribution < 1.29 is 4.52 Å². The summed E-state index contributed by atoms with van der Waals surface area (Å²) in [6.45, 7) is 8.99. The summed E-state index contributed by atoms with van der Waals surface area (Å²) in [5.41, 5.74) is 2.35. The van der Waals surface area contributed by atoms with E-state index in [-0.39, 0.29) is 0 Å². The zero-order valence-electron chi connectivity index (χ0n) is 17.9. The maximum atomic E-state index is 4.93. The Bertz CT molecular complexity index is 725. The Labute approximate surface area is 174 Å². The summed E-state index contributed by atoms with van der Waals surface area (Å²) < 4.78 is 4.93. The highest BCUT2D eigenvalue weighted by molar-refractivity contribution is 5.79. The third kappa shape index (κ3) is 6.58. The molecule has 1 aromatic heterocycles. The molecule has 29 heavy (non-hydrogen) atoms. The van der Waals surface area contributed by atoms with Gasteiger partial charge in [-0.1, -0.05) is 35.5 Å². The number of hydrogen-bond donors (Lipinski definition) is 1. The molecule has 0 bridgehead atoms. The van der Waals surface area contributed by atoms with Crippen LogP contribution in [0.5, 0.6) is 0 Å². The van der Waals surface area contributed by atoms with Crippen molar-refractivity contribution in [1.82, 2.24) is 25.2 Å². The molecule has 0 amide bonds. The molecule has 1 saturated heterocycles. The van der Waals surface area contributed by atoms with Gasteiger partial charge in [0.25, 0.3) is 0 Å². The number of guanidine groups is 1. The summed E-state index contributed by atoms with van der Waals surface area (Å²) in [4.78, 5) is 11.6. The largest absolute Gasteiger partial charge is 0.364 e. The topological polar surface area (TPSA) is 60.1 Å². The van der Waals surface area contributed by atoms with E-state index in [2.05, 4.69) is 74.5 Å². The van der Waals surface area contributed by atoms with Crippen LogP contribution in [0.4, 0.5) is 0 Å². The molecule has 0 radical (unpaired) electrons. The molecule has 0 saturated carbocycles. The fourth-order valence-electron chi connectivity index (χ4n) is 3.64. The van der Waals surface area contributed by atoms with Crippen LogP contribution in [-0.2, 0) is 13.1 Å². The van der Waals surface area contributed by atoms with Gasteiger partial charge >= 0.3 is 0 Å². The van der Waals surface area contributed by atoms with Gasteiger partial charge in [0, 0.05) is 65.0 Å². The predicted octanol–water partition coefficient (Wildman–Crippen LogP) is 2.28. The Hall–Kier alpha value is -2.38. The van der Waals surface area contributed by atoms with Crippen molar-refractivity contribution in [2.45, 2.75) is 32.5 Å². The second-order valence-corrected chi connectivity index (χ2v) is 7.77. The van der Waals surface area contributed by atoms with Crippen molar-refractivity contribution in [1.29, 1.82) is 0 Å². The first kappa shape index (κ1) is 21.3. The molecule has 7 nitrogen and oxygen atoms in total. The molecule has 7 heteroatoms. The summed E-state index contributed by atoms with van der Waals surface area (Å²) in [6.07, 6.45) is 2.71. The summed E-state index contributed by atoms with van der Waals surface area (Å²) in [6, 6.07) is 13.1. The van der Waals surface area contributed by atoms with E-state index in [9.17, 15) is 0 Å². The van der Waals surface area contributed by atoms with Crippen LogP contribution in [0.15, 0.2) is 52.2 Å². The van der Waals surface area contributed by atoms with Gasteiger partial charge in [-0.2, -0.15) is 0 Å². The van der Waals surface area contributed by atoms with Crippen LogP contribution in [-0.4, -0.2) is 78.7 Å². The molecule has 0 spiro atoms. The van der Waals surface area contributed by atoms with Crippen molar-refractivity contribution in [3.8, 4) is 0 Å². The highest BCUT2D eigenvalue weighted by Crippen LogP contribution is 2.09. The molecule has 1 fully saturated rings. The van der Waals surface area contributed by atoms with Crippen LogP contribution >= 0.6 is 0 Å². The number of aromatic nitrogens is 1. The van der Waals surface area contributed by atoms with E-state index in [0.717, 1.165) is 63.9 Å². The lowest BCUT2D eigenvalue weighted by molar-refractivity contribution is 0.168. The first-order chi connectivity index (χ1) is 14.2. The van der Waals surface area contributed by atoms with E-state index in [1.807, 2.05) is 13.1 Å². The van der Waals surface area contributed by atoms with Gasteiger partial charge in [-0.05, 0) is 26.0 Å². The standard InChI is InChI=1S/C22H34N6O/c1-19(26(3)17-20-7-5-4-6-8-20)9-11-24-22(23-2)28-14-12-27(13-15-28)18-21-10-16-29-25-21/h4-8,10,16,19H,9,11-15,17-18H2,1-3H3,(H,23,24). The Morgan fingerprint density at radius 1 is 1.21 bits per heavy atom. The summed E-state index contributed by atoms with van der Waals surface area (Å²) in [5.74, 6) is 1.00. The van der Waals surface area contributed by atoms with Gasteiger partial charge in [-0.25, -0.2) is 0 Å². The van der Waals surface area contributed by atoms with Gasteiger partial charge < -0.3 is 14.7 Å². The Morgan fingerprint density at radius 2 is 1.97 bits per heavy atom. The highest BCUT2D eigenvalue weighted by atomic mass is 16.5. The van der Waals surface area contributed by atoms with Crippen LogP contribution in [0.2, 0.25) is 0 Å². The molecule has 3 rings (SSSR count). The Morgan fingerprint density at radius 3 is 2.62 bits per heavy atom. The molecule has 2 heterocycles. The number of rotatable bonds is 8. The SMILES string of the molecule is CN=C(NCCC(C)N(C)Cc1ccccc1)N1CCN(Cc2ccon2)CC1. The lowest BCUT2D eigenvalue weighted by Crippen LogP contribution is -2.52. The van der Waals surface area contributed by atoms with Gasteiger partial charge in [0.15, 0.2) is 5.96 Å². The minimum atomic E-state index is 0.500. The normalized spacial score (nSPS) is 17.0. The summed E-state index contributed by atoms with van der Waals surface area (Å²) in [7, 11) is 4.07. The first-order valence-corrected chi connectivity index (χ1v) is 10.5. The zero-order valence-corrected chi connectivity index (χ0v) is 17.9. The Balaban J connectivity index is 1.37. The molecule has 1 N–H and O–H groups in total. The smallest absolute Gasteiger partial charge is 0.193 e. The molecule has 2 aromatic rings. The fraction of sp³-hybridized carbons (Fsp3) is 0.545. The third-order valence-electron chi connectivity index (χ3n) is 5.63. The average molecular weight is 399 g/mol. The van der Waals surface area contributed by atoms with Gasteiger partial charge in [-0.3, -0.25) is 14.8 Å². The molecule has 1 aliphatic heterocycles. The van der Waals surface area contributed by atoms with Crippen LogP contribution in [0.1, 0.15) is 24.6 Å². The summed E-state index contributed by atoms with van der Waals surface area (Å²) >= 11 is 0. The predicted molar refractivity (Wildman–Crippen MR) is 117 cm³/mol. The average Bonchev–Trinajstić information content (AvgIpc) is 3.25. The molecular weight excluding hydrogens is 364 g/mol. The van der Waals surface area contributed by atoms with E-state index in [0.29, 0.717) is 6.04 Å². The quantitative estimate of drug-likeness (QED) is 0.544. The second kappa shape index (κ2) is 11.0. The lowest BCUT2D eigenvalue weighted by Gasteiger charge is -2.36. The van der Waals surface area contributed by atoms with E-state index >= 15 is 0 Å². The van der Waals surface area contributed by atoms with Gasteiger partial charge in [0.2, 0.25) is 0 Å². The maximum absolute atomic E-state index is 4.93. The van der Waals surface area contributed by atoms with Gasteiger partial charge in [0.05, 0.1) is 5.69 Å². The van der Waals surface area contributed by atoms with Crippen molar-refractivity contribution >= 4 is 5.96 Å².